The average Bonchev–Trinajstić information content (AvgIpc) is 2.14. The Labute approximate surface area is 93.0 Å². The second kappa shape index (κ2) is 5.00. The van der Waals surface area contributed by atoms with Gasteiger partial charge in [0, 0.05) is 12.2 Å². The molecule has 0 aliphatic carbocycles. The predicted octanol–water partition coefficient (Wildman–Crippen LogP) is 1.03. The summed E-state index contributed by atoms with van der Waals surface area (Å²) in [6.07, 6.45) is -0.599. The maximum absolute atomic E-state index is 11.6. The van der Waals surface area contributed by atoms with E-state index in [-0.39, 0.29) is 18.0 Å². The minimum absolute atomic E-state index is 0.170. The van der Waals surface area contributed by atoms with Gasteiger partial charge in [-0.2, -0.15) is 0 Å². The first kappa shape index (κ1) is 11.8. The SMILES string of the molecule is C[C@H](O)CNC(=O)c1c(N)cccc1Cl. The molecular formula is C10H13ClN2O2. The minimum atomic E-state index is -0.599. The van der Waals surface area contributed by atoms with Crippen LogP contribution in [-0.4, -0.2) is 23.7 Å². The highest BCUT2D eigenvalue weighted by Crippen LogP contribution is 2.21. The van der Waals surface area contributed by atoms with Crippen molar-refractivity contribution >= 4 is 23.2 Å². The molecule has 0 aliphatic rings. The number of amides is 1. The van der Waals surface area contributed by atoms with Crippen LogP contribution in [0.2, 0.25) is 5.02 Å². The molecule has 0 fully saturated rings. The fourth-order valence-corrected chi connectivity index (χ4v) is 1.38. The Morgan fingerprint density at radius 3 is 2.87 bits per heavy atom. The van der Waals surface area contributed by atoms with Gasteiger partial charge in [0.1, 0.15) is 0 Å². The van der Waals surface area contributed by atoms with E-state index in [1.54, 1.807) is 25.1 Å². The second-order valence-electron chi connectivity index (χ2n) is 3.26. The number of nitrogens with one attached hydrogen (secondary N) is 1. The van der Waals surface area contributed by atoms with Crippen LogP contribution >= 0.6 is 11.6 Å². The van der Waals surface area contributed by atoms with Gasteiger partial charge in [-0.3, -0.25) is 4.79 Å². The molecule has 1 atom stereocenters. The van der Waals surface area contributed by atoms with E-state index >= 15 is 0 Å². The van der Waals surface area contributed by atoms with Crippen molar-refractivity contribution in [3.8, 4) is 0 Å². The summed E-state index contributed by atoms with van der Waals surface area (Å²) in [5, 5.41) is 11.8. The molecule has 0 radical (unpaired) electrons. The summed E-state index contributed by atoms with van der Waals surface area (Å²) in [7, 11) is 0. The van der Waals surface area contributed by atoms with Gasteiger partial charge in [0.25, 0.3) is 5.91 Å². The van der Waals surface area contributed by atoms with E-state index in [0.29, 0.717) is 10.7 Å². The summed E-state index contributed by atoms with van der Waals surface area (Å²) in [5.41, 5.74) is 6.20. The van der Waals surface area contributed by atoms with Crippen LogP contribution in [-0.2, 0) is 0 Å². The van der Waals surface area contributed by atoms with Crippen molar-refractivity contribution < 1.29 is 9.90 Å². The number of nitrogen functional groups attached to an aromatic ring is 1. The standard InChI is InChI=1S/C10H13ClN2O2/c1-6(14)5-13-10(15)9-7(11)3-2-4-8(9)12/h2-4,6,14H,5,12H2,1H3,(H,13,15)/t6-/m0/s1. The second-order valence-corrected chi connectivity index (χ2v) is 3.67. The third-order valence-corrected chi connectivity index (χ3v) is 2.15. The van der Waals surface area contributed by atoms with Crippen LogP contribution in [0.1, 0.15) is 17.3 Å². The number of nitrogens with two attached hydrogens (primary N) is 1. The van der Waals surface area contributed by atoms with Gasteiger partial charge in [-0.15, -0.1) is 0 Å². The molecule has 0 saturated carbocycles. The lowest BCUT2D eigenvalue weighted by molar-refractivity contribution is 0.0925. The Kier molecular flexibility index (Phi) is 3.94. The number of hydrogen-bond donors (Lipinski definition) is 3. The van der Waals surface area contributed by atoms with Gasteiger partial charge in [-0.1, -0.05) is 17.7 Å². The van der Waals surface area contributed by atoms with Crippen LogP contribution in [0.5, 0.6) is 0 Å². The molecular weight excluding hydrogens is 216 g/mol. The molecule has 1 aromatic carbocycles. The summed E-state index contributed by atoms with van der Waals surface area (Å²) < 4.78 is 0. The van der Waals surface area contributed by atoms with Crippen LogP contribution in [0.4, 0.5) is 5.69 Å². The lowest BCUT2D eigenvalue weighted by Gasteiger charge is -2.10. The Morgan fingerprint density at radius 1 is 1.67 bits per heavy atom. The average molecular weight is 229 g/mol. The lowest BCUT2D eigenvalue weighted by Crippen LogP contribution is -2.31. The molecule has 0 heterocycles. The van der Waals surface area contributed by atoms with E-state index in [2.05, 4.69) is 5.32 Å². The van der Waals surface area contributed by atoms with E-state index < -0.39 is 6.10 Å². The van der Waals surface area contributed by atoms with Crippen LogP contribution in [0.15, 0.2) is 18.2 Å². The number of hydrogen-bond acceptors (Lipinski definition) is 3. The van der Waals surface area contributed by atoms with Gasteiger partial charge < -0.3 is 16.2 Å². The molecule has 4 N–H and O–H groups in total. The smallest absolute Gasteiger partial charge is 0.254 e. The van der Waals surface area contributed by atoms with E-state index in [1.807, 2.05) is 0 Å². The summed E-state index contributed by atoms with van der Waals surface area (Å²) in [4.78, 5) is 11.6. The molecule has 0 unspecified atom stereocenters. The van der Waals surface area contributed by atoms with Gasteiger partial charge in [0.2, 0.25) is 0 Å². The topological polar surface area (TPSA) is 75.3 Å². The largest absolute Gasteiger partial charge is 0.398 e. The fourth-order valence-electron chi connectivity index (χ4n) is 1.11. The highest BCUT2D eigenvalue weighted by atomic mass is 35.5. The van der Waals surface area contributed by atoms with Gasteiger partial charge in [0.15, 0.2) is 0 Å². The van der Waals surface area contributed by atoms with Crippen molar-refractivity contribution in [3.05, 3.63) is 28.8 Å². The number of benzene rings is 1. The molecule has 1 amide bonds. The maximum atomic E-state index is 11.6. The highest BCUT2D eigenvalue weighted by Gasteiger charge is 2.13. The number of carbonyl (C=O) groups excluding carboxylic acids is 1. The molecule has 82 valence electrons. The van der Waals surface area contributed by atoms with Gasteiger partial charge in [-0.05, 0) is 19.1 Å². The Morgan fingerprint density at radius 2 is 2.33 bits per heavy atom. The third kappa shape index (κ3) is 3.11. The number of aliphatic hydroxyl groups excluding tert-OH is 1. The Bertz CT molecular complexity index is 346. The predicted molar refractivity (Wildman–Crippen MR) is 59.9 cm³/mol. The number of rotatable bonds is 3. The number of aliphatic hydroxyl groups is 1. The molecule has 5 heteroatoms. The first-order valence-corrected chi connectivity index (χ1v) is 4.90. The van der Waals surface area contributed by atoms with Crippen molar-refractivity contribution in [2.24, 2.45) is 0 Å². The van der Waals surface area contributed by atoms with Crippen LogP contribution in [0.3, 0.4) is 0 Å². The van der Waals surface area contributed by atoms with E-state index in [1.165, 1.54) is 0 Å². The quantitative estimate of drug-likeness (QED) is 0.677. The zero-order valence-corrected chi connectivity index (χ0v) is 9.08. The maximum Gasteiger partial charge on any atom is 0.254 e. The van der Waals surface area contributed by atoms with Crippen molar-refractivity contribution in [2.75, 3.05) is 12.3 Å². The highest BCUT2D eigenvalue weighted by molar-refractivity contribution is 6.34. The zero-order valence-electron chi connectivity index (χ0n) is 8.33. The number of anilines is 1. The monoisotopic (exact) mass is 228 g/mol. The summed E-state index contributed by atoms with van der Waals surface area (Å²) in [6, 6.07) is 4.86. The van der Waals surface area contributed by atoms with Gasteiger partial charge in [-0.25, -0.2) is 0 Å². The van der Waals surface area contributed by atoms with Crippen LogP contribution in [0, 0.1) is 0 Å². The van der Waals surface area contributed by atoms with Crippen molar-refractivity contribution in [1.29, 1.82) is 0 Å². The summed E-state index contributed by atoms with van der Waals surface area (Å²) in [6.45, 7) is 1.75. The fraction of sp³-hybridized carbons (Fsp3) is 0.300. The molecule has 0 aromatic heterocycles. The molecule has 4 nitrogen and oxygen atoms in total. The van der Waals surface area contributed by atoms with Gasteiger partial charge in [0.05, 0.1) is 16.7 Å². The third-order valence-electron chi connectivity index (χ3n) is 1.83. The Hall–Kier alpha value is -1.26. The first-order chi connectivity index (χ1) is 7.02. The summed E-state index contributed by atoms with van der Waals surface area (Å²) >= 11 is 5.84. The summed E-state index contributed by atoms with van der Waals surface area (Å²) in [5.74, 6) is -0.376. The minimum Gasteiger partial charge on any atom is -0.398 e. The number of carbonyl (C=O) groups is 1. The van der Waals surface area contributed by atoms with E-state index in [0.717, 1.165) is 0 Å². The number of halogens is 1. The molecule has 1 rings (SSSR count). The molecule has 0 bridgehead atoms. The zero-order chi connectivity index (χ0) is 11.4. The van der Waals surface area contributed by atoms with Crippen LogP contribution < -0.4 is 11.1 Å². The van der Waals surface area contributed by atoms with E-state index in [9.17, 15) is 4.79 Å². The van der Waals surface area contributed by atoms with Crippen molar-refractivity contribution in [2.45, 2.75) is 13.0 Å². The van der Waals surface area contributed by atoms with Crippen molar-refractivity contribution in [3.63, 3.8) is 0 Å². The first-order valence-electron chi connectivity index (χ1n) is 4.52. The molecule has 0 saturated heterocycles. The Balaban J connectivity index is 2.82. The normalized spacial score (nSPS) is 12.2. The molecule has 0 spiro atoms. The van der Waals surface area contributed by atoms with Crippen LogP contribution in [0.25, 0.3) is 0 Å². The molecule has 15 heavy (non-hydrogen) atoms. The molecule has 1 aromatic rings. The van der Waals surface area contributed by atoms with Gasteiger partial charge >= 0.3 is 0 Å². The van der Waals surface area contributed by atoms with E-state index in [4.69, 9.17) is 22.4 Å². The lowest BCUT2D eigenvalue weighted by atomic mass is 10.1. The molecule has 0 aliphatic heterocycles. The van der Waals surface area contributed by atoms with Crippen molar-refractivity contribution in [1.82, 2.24) is 5.32 Å².